The van der Waals surface area contributed by atoms with Gasteiger partial charge in [-0.05, 0) is 99.1 Å². The van der Waals surface area contributed by atoms with E-state index in [-0.39, 0.29) is 11.2 Å². The van der Waals surface area contributed by atoms with E-state index in [1.54, 1.807) is 0 Å². The molecule has 1 aliphatic heterocycles. The molecule has 0 N–H and O–H groups in total. The Morgan fingerprint density at radius 3 is 2.16 bits per heavy atom. The van der Waals surface area contributed by atoms with Crippen LogP contribution >= 0.6 is 0 Å². The van der Waals surface area contributed by atoms with Crippen LogP contribution in [0.3, 0.4) is 0 Å². The molecule has 1 aromatic heterocycles. The largest absolute Gasteiger partial charge is 0.375 e. The third-order valence-electron chi connectivity index (χ3n) is 5.56. The molecule has 2 fully saturated rings. The lowest BCUT2D eigenvalue weighted by Gasteiger charge is -2.42. The first-order valence-electron chi connectivity index (χ1n) is 12.1. The maximum atomic E-state index is 6.34. The highest BCUT2D eigenvalue weighted by Gasteiger charge is 2.35. The fourth-order valence-corrected chi connectivity index (χ4v) is 4.44. The molecule has 0 spiro atoms. The molecule has 2 aliphatic rings. The molecule has 178 valence electrons. The molecule has 1 aromatic rings. The molecule has 32 heavy (non-hydrogen) atoms. The van der Waals surface area contributed by atoms with Crippen molar-refractivity contribution in [3.63, 3.8) is 0 Å². The fourth-order valence-electron chi connectivity index (χ4n) is 4.44. The maximum absolute atomic E-state index is 6.34. The van der Waals surface area contributed by atoms with E-state index in [0.29, 0.717) is 18.3 Å². The summed E-state index contributed by atoms with van der Waals surface area (Å²) in [6, 6.07) is 4.16. The first kappa shape index (κ1) is 25.0. The summed E-state index contributed by atoms with van der Waals surface area (Å²) in [5, 5.41) is 0. The van der Waals surface area contributed by atoms with Gasteiger partial charge >= 0.3 is 0 Å². The normalized spacial score (nSPS) is 22.8. The van der Waals surface area contributed by atoms with E-state index in [1.807, 2.05) is 40.8 Å². The van der Waals surface area contributed by atoms with E-state index in [9.17, 15) is 0 Å². The van der Waals surface area contributed by atoms with Gasteiger partial charge < -0.3 is 19.1 Å². The van der Waals surface area contributed by atoms with Gasteiger partial charge in [0.1, 0.15) is 11.3 Å². The van der Waals surface area contributed by atoms with Crippen LogP contribution in [0.15, 0.2) is 18.3 Å². The highest BCUT2D eigenvalue weighted by Crippen LogP contribution is 2.32. The first-order valence-corrected chi connectivity index (χ1v) is 12.1. The van der Waals surface area contributed by atoms with Gasteiger partial charge in [0.25, 0.3) is 0 Å². The van der Waals surface area contributed by atoms with Crippen LogP contribution in [0.5, 0.6) is 0 Å². The van der Waals surface area contributed by atoms with E-state index in [1.165, 1.54) is 5.69 Å². The van der Waals surface area contributed by atoms with Gasteiger partial charge in [0.05, 0.1) is 29.5 Å². The highest BCUT2D eigenvalue weighted by molar-refractivity contribution is 5.50. The van der Waals surface area contributed by atoms with Gasteiger partial charge in [-0.15, -0.1) is 0 Å². The minimum atomic E-state index is -0.524. The number of anilines is 1. The molecular weight excluding hydrogens is 400 g/mol. The van der Waals surface area contributed by atoms with E-state index in [0.717, 1.165) is 44.5 Å². The van der Waals surface area contributed by atoms with Crippen LogP contribution in [0, 0.1) is 11.8 Å². The molecular formula is C27H42N2O3. The summed E-state index contributed by atoms with van der Waals surface area (Å²) in [7, 11) is 0. The first-order chi connectivity index (χ1) is 14.8. The Hall–Kier alpha value is -1.61. The smallest absolute Gasteiger partial charge is 0.124 e. The number of aromatic nitrogens is 1. The molecule has 0 unspecified atom stereocenters. The minimum Gasteiger partial charge on any atom is -0.375 e. The number of piperidine rings is 1. The monoisotopic (exact) mass is 442 g/mol. The molecule has 0 aromatic carbocycles. The molecule has 5 heteroatoms. The van der Waals surface area contributed by atoms with Crippen LogP contribution in [0.1, 0.15) is 86.8 Å². The summed E-state index contributed by atoms with van der Waals surface area (Å²) in [5.74, 6) is 6.45. The average Bonchev–Trinajstić information content (AvgIpc) is 2.63. The molecule has 5 nitrogen and oxygen atoms in total. The number of hydrogen-bond donors (Lipinski definition) is 0. The Kier molecular flexibility index (Phi) is 7.59. The summed E-state index contributed by atoms with van der Waals surface area (Å²) >= 11 is 0. The topological polar surface area (TPSA) is 43.8 Å². The summed E-state index contributed by atoms with van der Waals surface area (Å²) in [5.41, 5.74) is 1.14. The molecule has 1 saturated heterocycles. The Labute approximate surface area is 195 Å². The van der Waals surface area contributed by atoms with Gasteiger partial charge in [-0.3, -0.25) is 0 Å². The number of nitrogens with zero attached hydrogens (tertiary/aromatic N) is 2. The lowest BCUT2D eigenvalue weighted by molar-refractivity contribution is -0.164. The number of rotatable bonds is 5. The molecule has 1 saturated carbocycles. The Bertz CT molecular complexity index is 812. The van der Waals surface area contributed by atoms with Crippen LogP contribution in [0.2, 0.25) is 0 Å². The maximum Gasteiger partial charge on any atom is 0.124 e. The summed E-state index contributed by atoms with van der Waals surface area (Å²) in [6.45, 7) is 18.5. The van der Waals surface area contributed by atoms with Crippen molar-refractivity contribution < 1.29 is 14.2 Å². The van der Waals surface area contributed by atoms with Gasteiger partial charge in [-0.1, -0.05) is 5.92 Å². The summed E-state index contributed by atoms with van der Waals surface area (Å²) < 4.78 is 18.4. The van der Waals surface area contributed by atoms with Crippen molar-refractivity contribution in [3.8, 4) is 11.8 Å². The van der Waals surface area contributed by atoms with Crippen molar-refractivity contribution in [2.24, 2.45) is 0 Å². The third kappa shape index (κ3) is 8.06. The molecule has 2 heterocycles. The lowest BCUT2D eigenvalue weighted by Crippen LogP contribution is -2.45. The molecule has 1 aliphatic carbocycles. The van der Waals surface area contributed by atoms with Crippen molar-refractivity contribution in [2.45, 2.75) is 116 Å². The van der Waals surface area contributed by atoms with Crippen molar-refractivity contribution >= 4 is 5.69 Å². The van der Waals surface area contributed by atoms with E-state index >= 15 is 0 Å². The molecule has 0 amide bonds. The van der Waals surface area contributed by atoms with Crippen LogP contribution < -0.4 is 4.90 Å². The number of pyridine rings is 1. The second-order valence-electron chi connectivity index (χ2n) is 11.6. The zero-order valence-corrected chi connectivity index (χ0v) is 21.3. The van der Waals surface area contributed by atoms with Crippen molar-refractivity contribution in [3.05, 3.63) is 24.0 Å². The molecule has 0 atom stereocenters. The minimum absolute atomic E-state index is 0.0654. The summed E-state index contributed by atoms with van der Waals surface area (Å²) in [4.78, 5) is 6.86. The molecule has 0 radical (unpaired) electrons. The van der Waals surface area contributed by atoms with Crippen molar-refractivity contribution in [1.82, 2.24) is 4.98 Å². The van der Waals surface area contributed by atoms with Gasteiger partial charge in [0.15, 0.2) is 0 Å². The Morgan fingerprint density at radius 1 is 0.906 bits per heavy atom. The molecule has 3 rings (SSSR count). The van der Waals surface area contributed by atoms with Crippen LogP contribution in [-0.4, -0.2) is 53.2 Å². The van der Waals surface area contributed by atoms with Gasteiger partial charge in [0.2, 0.25) is 0 Å². The van der Waals surface area contributed by atoms with Crippen molar-refractivity contribution in [1.29, 1.82) is 0 Å². The average molecular weight is 443 g/mol. The quantitative estimate of drug-likeness (QED) is 0.575. The predicted octanol–water partition coefficient (Wildman–Crippen LogP) is 5.36. The standard InChI is InChI=1S/C27H42N2O3/c1-25(2,3)31-24-18-23(19-24)30-22-11-15-29(16-12-22)21-10-14-28-20(17-21)9-13-27(7,8)32-26(4,5)6/h10,14,17,22-24H,11-12,15-16,18-19H2,1-8H3. The Balaban J connectivity index is 1.48. The second kappa shape index (κ2) is 9.71. The second-order valence-corrected chi connectivity index (χ2v) is 11.6. The van der Waals surface area contributed by atoms with E-state index in [2.05, 4.69) is 54.6 Å². The van der Waals surface area contributed by atoms with Crippen LogP contribution in [0.4, 0.5) is 5.69 Å². The zero-order valence-electron chi connectivity index (χ0n) is 21.3. The highest BCUT2D eigenvalue weighted by atomic mass is 16.5. The van der Waals surface area contributed by atoms with Crippen LogP contribution in [-0.2, 0) is 14.2 Å². The number of hydrogen-bond acceptors (Lipinski definition) is 5. The van der Waals surface area contributed by atoms with E-state index in [4.69, 9.17) is 14.2 Å². The number of ether oxygens (including phenoxy) is 3. The SMILES string of the molecule is CC(C)(C)OC1CC(OC2CCN(c3ccnc(C#CC(C)(C)OC(C)(C)C)c3)CC2)C1. The van der Waals surface area contributed by atoms with Gasteiger partial charge in [-0.25, -0.2) is 4.98 Å². The Morgan fingerprint density at radius 2 is 1.56 bits per heavy atom. The third-order valence-corrected chi connectivity index (χ3v) is 5.56. The van der Waals surface area contributed by atoms with E-state index < -0.39 is 5.60 Å². The van der Waals surface area contributed by atoms with Crippen LogP contribution in [0.25, 0.3) is 0 Å². The zero-order chi connectivity index (χ0) is 23.6. The summed E-state index contributed by atoms with van der Waals surface area (Å²) in [6.07, 6.45) is 7.08. The lowest BCUT2D eigenvalue weighted by atomic mass is 9.90. The van der Waals surface area contributed by atoms with Crippen molar-refractivity contribution in [2.75, 3.05) is 18.0 Å². The van der Waals surface area contributed by atoms with Gasteiger partial charge in [-0.2, -0.15) is 0 Å². The molecule has 0 bridgehead atoms. The fraction of sp³-hybridized carbons (Fsp3) is 0.741. The van der Waals surface area contributed by atoms with Gasteiger partial charge in [0, 0.05) is 25.0 Å². The predicted molar refractivity (Wildman–Crippen MR) is 130 cm³/mol.